The van der Waals surface area contributed by atoms with Gasteiger partial charge in [-0.3, -0.25) is 0 Å². The Labute approximate surface area is 345 Å². The molecule has 10 rings (SSSR count). The van der Waals surface area contributed by atoms with Gasteiger partial charge in [-0.2, -0.15) is 0 Å². The molecule has 0 aliphatic heterocycles. The van der Waals surface area contributed by atoms with Crippen molar-refractivity contribution in [1.29, 1.82) is 0 Å². The minimum atomic E-state index is -0.402. The van der Waals surface area contributed by atoms with Crippen LogP contribution in [0.5, 0.6) is 0 Å². The SMILES string of the molecule is [2H]c1c([2H])c(N(c2cccc(-c3ccc4ccccc4c3)c2)c2c([2H])c([2H])c(-c3c(-c4ccccc4)ccc4ccccc34)c([2H])c2[2H])c([2H])c([2H])c1-c1cccc(-c2ccccc2)c1. The first-order valence-electron chi connectivity index (χ1n) is 22.9. The lowest BCUT2D eigenvalue weighted by Crippen LogP contribution is -2.10. The van der Waals surface area contributed by atoms with Crippen LogP contribution in [0, 0.1) is 0 Å². The number of benzene rings is 10. The van der Waals surface area contributed by atoms with Crippen molar-refractivity contribution >= 4 is 38.6 Å². The molecule has 0 radical (unpaired) electrons. The van der Waals surface area contributed by atoms with Gasteiger partial charge in [0.05, 0.1) is 11.0 Å². The Kier molecular flexibility index (Phi) is 6.92. The molecule has 0 heterocycles. The fourth-order valence-corrected chi connectivity index (χ4v) is 7.55. The second-order valence-corrected chi connectivity index (χ2v) is 13.9. The molecule has 10 aromatic rings. The Balaban J connectivity index is 1.23. The summed E-state index contributed by atoms with van der Waals surface area (Å²) in [6.07, 6.45) is 0. The third-order valence-electron chi connectivity index (χ3n) is 10.4. The Bertz CT molecular complexity index is 3420. The van der Waals surface area contributed by atoms with Crippen LogP contribution < -0.4 is 4.90 Å². The molecule has 0 N–H and O–H groups in total. The van der Waals surface area contributed by atoms with E-state index >= 15 is 0 Å². The lowest BCUT2D eigenvalue weighted by molar-refractivity contribution is 1.28. The van der Waals surface area contributed by atoms with E-state index in [1.807, 2.05) is 164 Å². The smallest absolute Gasteiger partial charge is 0.0645 e. The molecular formula is C56H39N. The average molecular weight is 734 g/mol. The number of fused-ring (bicyclic) bond motifs is 2. The van der Waals surface area contributed by atoms with E-state index in [0.717, 1.165) is 54.9 Å². The van der Waals surface area contributed by atoms with Crippen LogP contribution in [-0.4, -0.2) is 0 Å². The van der Waals surface area contributed by atoms with Crippen LogP contribution in [0.1, 0.15) is 11.0 Å². The summed E-state index contributed by atoms with van der Waals surface area (Å²) < 4.78 is 77.5. The molecule has 0 amide bonds. The van der Waals surface area contributed by atoms with Crippen molar-refractivity contribution in [2.75, 3.05) is 4.90 Å². The molecule has 268 valence electrons. The standard InChI is InChI=1S/C56H39N/c1-3-13-40(14-4-1)47-20-11-21-48(37-47)42-27-32-51(33-28-42)57(53-23-12-22-49(39-53)50-26-25-41-15-7-8-19-46(41)38-50)52-34-29-45(30-35-52)56-54-24-10-9-18-44(54)31-36-55(56)43-16-5-2-6-17-43/h1-39H/i27D,28D,29D,30D,32D,33D,34D,35D. The summed E-state index contributed by atoms with van der Waals surface area (Å²) in [5, 5.41) is 3.72. The predicted octanol–water partition coefficient (Wildman–Crippen LogP) is 15.8. The monoisotopic (exact) mass is 733 g/mol. The second kappa shape index (κ2) is 15.0. The molecule has 0 bridgehead atoms. The van der Waals surface area contributed by atoms with Gasteiger partial charge < -0.3 is 4.90 Å². The second-order valence-electron chi connectivity index (χ2n) is 13.9. The summed E-state index contributed by atoms with van der Waals surface area (Å²) in [6.45, 7) is 0. The molecule has 0 aliphatic rings. The molecule has 0 aromatic heterocycles. The van der Waals surface area contributed by atoms with E-state index in [-0.39, 0.29) is 46.7 Å². The molecule has 0 fully saturated rings. The van der Waals surface area contributed by atoms with E-state index in [1.54, 1.807) is 18.2 Å². The minimum absolute atomic E-state index is 0.102. The Morgan fingerprint density at radius 2 is 0.789 bits per heavy atom. The summed E-state index contributed by atoms with van der Waals surface area (Å²) in [7, 11) is 0. The zero-order chi connectivity index (χ0) is 44.9. The predicted molar refractivity (Wildman–Crippen MR) is 243 cm³/mol. The molecule has 0 unspecified atom stereocenters. The molecule has 0 aliphatic carbocycles. The van der Waals surface area contributed by atoms with Gasteiger partial charge in [0.25, 0.3) is 0 Å². The minimum Gasteiger partial charge on any atom is -0.310 e. The van der Waals surface area contributed by atoms with Crippen LogP contribution in [0.3, 0.4) is 0 Å². The van der Waals surface area contributed by atoms with Gasteiger partial charge in [-0.15, -0.1) is 0 Å². The van der Waals surface area contributed by atoms with Gasteiger partial charge in [0, 0.05) is 17.1 Å². The quantitative estimate of drug-likeness (QED) is 0.150. The number of hydrogen-bond donors (Lipinski definition) is 0. The zero-order valence-electron chi connectivity index (χ0n) is 38.8. The Morgan fingerprint density at radius 1 is 0.281 bits per heavy atom. The van der Waals surface area contributed by atoms with Crippen molar-refractivity contribution in [2.24, 2.45) is 0 Å². The molecule has 1 heteroatoms. The molecule has 0 atom stereocenters. The van der Waals surface area contributed by atoms with Crippen LogP contribution in [0.2, 0.25) is 0 Å². The lowest BCUT2D eigenvalue weighted by atomic mass is 9.89. The zero-order valence-corrected chi connectivity index (χ0v) is 30.8. The summed E-state index contributed by atoms with van der Waals surface area (Å²) in [6, 6.07) is 56.9. The summed E-state index contributed by atoms with van der Waals surface area (Å²) >= 11 is 0. The summed E-state index contributed by atoms with van der Waals surface area (Å²) in [5.74, 6) is 0. The van der Waals surface area contributed by atoms with E-state index in [0.29, 0.717) is 16.8 Å². The van der Waals surface area contributed by atoms with Crippen LogP contribution in [0.4, 0.5) is 17.1 Å². The average Bonchev–Trinajstić information content (AvgIpc) is 3.35. The number of nitrogens with zero attached hydrogens (tertiary/aromatic N) is 1. The van der Waals surface area contributed by atoms with Gasteiger partial charge in [0.1, 0.15) is 0 Å². The third-order valence-corrected chi connectivity index (χ3v) is 10.4. The highest BCUT2D eigenvalue weighted by Gasteiger charge is 2.17. The lowest BCUT2D eigenvalue weighted by Gasteiger charge is -2.27. The van der Waals surface area contributed by atoms with Gasteiger partial charge >= 0.3 is 0 Å². The van der Waals surface area contributed by atoms with Crippen molar-refractivity contribution < 1.29 is 11.0 Å². The van der Waals surface area contributed by atoms with Gasteiger partial charge in [0.2, 0.25) is 0 Å². The normalized spacial score (nSPS) is 13.1. The molecule has 0 saturated carbocycles. The highest BCUT2D eigenvalue weighted by Crippen LogP contribution is 2.42. The van der Waals surface area contributed by atoms with E-state index in [2.05, 4.69) is 6.07 Å². The number of rotatable bonds is 8. The Morgan fingerprint density at radius 3 is 1.51 bits per heavy atom. The van der Waals surface area contributed by atoms with Gasteiger partial charge in [0.15, 0.2) is 0 Å². The molecule has 10 aromatic carbocycles. The Hall–Kier alpha value is -7.48. The van der Waals surface area contributed by atoms with E-state index in [9.17, 15) is 11.0 Å². The number of anilines is 3. The van der Waals surface area contributed by atoms with E-state index in [4.69, 9.17) is 0 Å². The van der Waals surface area contributed by atoms with Crippen molar-refractivity contribution in [3.8, 4) is 55.6 Å². The molecular weight excluding hydrogens is 687 g/mol. The van der Waals surface area contributed by atoms with Gasteiger partial charge in [-0.25, -0.2) is 0 Å². The number of hydrogen-bond acceptors (Lipinski definition) is 1. The third kappa shape index (κ3) is 6.77. The van der Waals surface area contributed by atoms with Crippen molar-refractivity contribution in [1.82, 2.24) is 0 Å². The first-order valence-corrected chi connectivity index (χ1v) is 18.9. The highest BCUT2D eigenvalue weighted by molar-refractivity contribution is 6.04. The fourth-order valence-electron chi connectivity index (χ4n) is 7.55. The molecule has 57 heavy (non-hydrogen) atoms. The van der Waals surface area contributed by atoms with E-state index in [1.165, 1.54) is 4.90 Å². The van der Waals surface area contributed by atoms with Crippen molar-refractivity contribution in [3.63, 3.8) is 0 Å². The highest BCUT2D eigenvalue weighted by atomic mass is 15.1. The fraction of sp³-hybridized carbons (Fsp3) is 0. The summed E-state index contributed by atoms with van der Waals surface area (Å²) in [5.41, 5.74) is 6.18. The first kappa shape index (κ1) is 26.3. The topological polar surface area (TPSA) is 3.24 Å². The van der Waals surface area contributed by atoms with Crippen molar-refractivity contribution in [2.45, 2.75) is 0 Å². The van der Waals surface area contributed by atoms with Crippen LogP contribution >= 0.6 is 0 Å². The largest absolute Gasteiger partial charge is 0.310 e. The molecule has 0 spiro atoms. The van der Waals surface area contributed by atoms with Crippen molar-refractivity contribution in [3.05, 3.63) is 236 Å². The summed E-state index contributed by atoms with van der Waals surface area (Å²) in [4.78, 5) is 1.38. The maximum absolute atomic E-state index is 9.83. The van der Waals surface area contributed by atoms with Crippen LogP contribution in [0.15, 0.2) is 236 Å². The maximum Gasteiger partial charge on any atom is 0.0645 e. The van der Waals surface area contributed by atoms with Gasteiger partial charge in [-0.05, 0) is 126 Å². The van der Waals surface area contributed by atoms with Crippen LogP contribution in [-0.2, 0) is 0 Å². The maximum atomic E-state index is 9.83. The van der Waals surface area contributed by atoms with Gasteiger partial charge in [-0.1, -0.05) is 188 Å². The first-order chi connectivity index (χ1) is 31.6. The molecule has 0 saturated heterocycles. The van der Waals surface area contributed by atoms with E-state index < -0.39 is 24.2 Å². The molecule has 1 nitrogen and oxygen atoms in total. The van der Waals surface area contributed by atoms with Crippen LogP contribution in [0.25, 0.3) is 77.2 Å².